The van der Waals surface area contributed by atoms with E-state index in [0.717, 1.165) is 22.0 Å². The molecule has 0 aliphatic rings. The number of nitrogens with one attached hydrogen (secondary N) is 1. The van der Waals surface area contributed by atoms with E-state index in [2.05, 4.69) is 15.2 Å². The first kappa shape index (κ1) is 9.08. The maximum Gasteiger partial charge on any atom is 0.154 e. The molecule has 0 atom stereocenters. The quantitative estimate of drug-likeness (QED) is 0.605. The summed E-state index contributed by atoms with van der Waals surface area (Å²) in [7, 11) is 0. The van der Waals surface area contributed by atoms with Crippen LogP contribution in [0.25, 0.3) is 21.8 Å². The van der Waals surface area contributed by atoms with Crippen molar-refractivity contribution in [3.05, 3.63) is 29.7 Å². The fourth-order valence-corrected chi connectivity index (χ4v) is 1.93. The minimum Gasteiger partial charge on any atom is -0.382 e. The van der Waals surface area contributed by atoms with Crippen LogP contribution in [0, 0.1) is 12.7 Å². The van der Waals surface area contributed by atoms with Gasteiger partial charge in [0.25, 0.3) is 0 Å². The number of anilines is 1. The Morgan fingerprint density at radius 2 is 2.12 bits per heavy atom. The van der Waals surface area contributed by atoms with Gasteiger partial charge < -0.3 is 5.73 Å². The van der Waals surface area contributed by atoms with E-state index in [9.17, 15) is 4.39 Å². The lowest BCUT2D eigenvalue weighted by atomic mass is 10.1. The number of fused-ring (bicyclic) bond motifs is 3. The van der Waals surface area contributed by atoms with E-state index >= 15 is 0 Å². The average molecular weight is 216 g/mol. The summed E-state index contributed by atoms with van der Waals surface area (Å²) in [6.07, 6.45) is 1.65. The third-order valence-electron chi connectivity index (χ3n) is 2.69. The lowest BCUT2D eigenvalue weighted by molar-refractivity contribution is 0.628. The Balaban J connectivity index is 2.59. The van der Waals surface area contributed by atoms with Crippen LogP contribution >= 0.6 is 0 Å². The summed E-state index contributed by atoms with van der Waals surface area (Å²) in [5.74, 6) is 0.0961. The van der Waals surface area contributed by atoms with Crippen molar-refractivity contribution in [3.63, 3.8) is 0 Å². The van der Waals surface area contributed by atoms with Crippen molar-refractivity contribution in [2.75, 3.05) is 5.73 Å². The second kappa shape index (κ2) is 2.91. The molecule has 4 nitrogen and oxygen atoms in total. The van der Waals surface area contributed by atoms with Crippen LogP contribution in [0.4, 0.5) is 10.2 Å². The number of nitrogens with zero attached hydrogens (tertiary/aromatic N) is 2. The first-order valence-corrected chi connectivity index (χ1v) is 4.85. The first-order chi connectivity index (χ1) is 7.66. The Bertz CT molecular complexity index is 702. The number of benzene rings is 1. The van der Waals surface area contributed by atoms with Gasteiger partial charge in [-0.15, -0.1) is 0 Å². The van der Waals surface area contributed by atoms with Crippen LogP contribution in [-0.4, -0.2) is 15.2 Å². The Kier molecular flexibility index (Phi) is 1.65. The maximum absolute atomic E-state index is 13.3. The highest BCUT2D eigenvalue weighted by Gasteiger charge is 2.10. The number of rotatable bonds is 0. The highest BCUT2D eigenvalue weighted by molar-refractivity contribution is 6.07. The normalized spacial score (nSPS) is 11.4. The van der Waals surface area contributed by atoms with E-state index in [4.69, 9.17) is 5.73 Å². The van der Waals surface area contributed by atoms with Crippen molar-refractivity contribution < 1.29 is 4.39 Å². The molecule has 0 unspecified atom stereocenters. The van der Waals surface area contributed by atoms with Crippen molar-refractivity contribution in [2.24, 2.45) is 0 Å². The van der Waals surface area contributed by atoms with Gasteiger partial charge in [-0.2, -0.15) is 5.10 Å². The Morgan fingerprint density at radius 3 is 2.94 bits per heavy atom. The van der Waals surface area contributed by atoms with Gasteiger partial charge in [-0.25, -0.2) is 4.39 Å². The van der Waals surface area contributed by atoms with Gasteiger partial charge in [0.1, 0.15) is 5.82 Å². The molecule has 0 saturated heterocycles. The molecule has 3 N–H and O–H groups in total. The van der Waals surface area contributed by atoms with Crippen LogP contribution < -0.4 is 5.73 Å². The van der Waals surface area contributed by atoms with Gasteiger partial charge in [0.05, 0.1) is 16.4 Å². The van der Waals surface area contributed by atoms with Gasteiger partial charge in [-0.05, 0) is 24.6 Å². The van der Waals surface area contributed by atoms with Gasteiger partial charge >= 0.3 is 0 Å². The highest BCUT2D eigenvalue weighted by Crippen LogP contribution is 2.27. The van der Waals surface area contributed by atoms with Crippen molar-refractivity contribution in [1.82, 2.24) is 15.2 Å². The average Bonchev–Trinajstić information content (AvgIpc) is 2.60. The predicted molar refractivity (Wildman–Crippen MR) is 60.5 cm³/mol. The minimum absolute atomic E-state index is 0.285. The topological polar surface area (TPSA) is 67.6 Å². The number of aryl methyl sites for hydroxylation is 1. The largest absolute Gasteiger partial charge is 0.382 e. The molecule has 0 spiro atoms. The van der Waals surface area contributed by atoms with Crippen LogP contribution in [0.2, 0.25) is 0 Å². The van der Waals surface area contributed by atoms with E-state index in [0.29, 0.717) is 11.2 Å². The molecule has 0 saturated carbocycles. The van der Waals surface area contributed by atoms with Crippen molar-refractivity contribution in [2.45, 2.75) is 6.92 Å². The van der Waals surface area contributed by atoms with Crippen molar-refractivity contribution >= 4 is 27.6 Å². The molecule has 3 aromatic rings. The molecule has 16 heavy (non-hydrogen) atoms. The zero-order valence-corrected chi connectivity index (χ0v) is 8.58. The standard InChI is InChI=1S/C11H9FN4/c1-5-2-6(12)3-7-9(5)14-4-8-10(7)15-16-11(8)13/h2-4H,1H3,(H3,13,15,16). The van der Waals surface area contributed by atoms with E-state index in [1.54, 1.807) is 6.20 Å². The number of pyridine rings is 1. The SMILES string of the molecule is Cc1cc(F)cc2c1ncc1c(N)n[nH]c12. The summed E-state index contributed by atoms with van der Waals surface area (Å²) in [6.45, 7) is 1.82. The summed E-state index contributed by atoms with van der Waals surface area (Å²) < 4.78 is 13.3. The van der Waals surface area contributed by atoms with Crippen LogP contribution in [0.1, 0.15) is 5.56 Å². The van der Waals surface area contributed by atoms with Crippen LogP contribution in [-0.2, 0) is 0 Å². The number of nitrogens with two attached hydrogens (primary N) is 1. The molecule has 0 bridgehead atoms. The number of aromatic amines is 1. The van der Waals surface area contributed by atoms with E-state index in [1.165, 1.54) is 12.1 Å². The minimum atomic E-state index is -0.285. The molecule has 0 amide bonds. The maximum atomic E-state index is 13.3. The fraction of sp³-hybridized carbons (Fsp3) is 0.0909. The van der Waals surface area contributed by atoms with Crippen LogP contribution in [0.3, 0.4) is 0 Å². The Hall–Kier alpha value is -2.17. The molecule has 0 fully saturated rings. The number of halogens is 1. The van der Waals surface area contributed by atoms with Gasteiger partial charge in [-0.1, -0.05) is 0 Å². The Labute approximate surface area is 90.3 Å². The predicted octanol–water partition coefficient (Wildman–Crippen LogP) is 2.14. The fourth-order valence-electron chi connectivity index (χ4n) is 1.93. The smallest absolute Gasteiger partial charge is 0.154 e. The molecule has 5 heteroatoms. The van der Waals surface area contributed by atoms with Crippen molar-refractivity contribution in [3.8, 4) is 0 Å². The molecule has 0 radical (unpaired) electrons. The molecule has 0 aliphatic heterocycles. The molecular weight excluding hydrogens is 207 g/mol. The van der Waals surface area contributed by atoms with E-state index in [1.807, 2.05) is 6.92 Å². The zero-order valence-electron chi connectivity index (χ0n) is 8.58. The molecule has 1 aromatic carbocycles. The molecule has 2 heterocycles. The van der Waals surface area contributed by atoms with Gasteiger partial charge in [-0.3, -0.25) is 10.1 Å². The van der Waals surface area contributed by atoms with Crippen LogP contribution in [0.15, 0.2) is 18.3 Å². The molecule has 80 valence electrons. The first-order valence-electron chi connectivity index (χ1n) is 4.85. The van der Waals surface area contributed by atoms with Crippen LogP contribution in [0.5, 0.6) is 0 Å². The van der Waals surface area contributed by atoms with Crippen molar-refractivity contribution in [1.29, 1.82) is 0 Å². The third-order valence-corrected chi connectivity index (χ3v) is 2.69. The second-order valence-corrected chi connectivity index (χ2v) is 3.77. The van der Waals surface area contributed by atoms with Gasteiger partial charge in [0.15, 0.2) is 5.82 Å². The summed E-state index contributed by atoms with van der Waals surface area (Å²) >= 11 is 0. The number of hydrogen-bond donors (Lipinski definition) is 2. The lowest BCUT2D eigenvalue weighted by Gasteiger charge is -2.02. The number of nitrogen functional groups attached to an aromatic ring is 1. The van der Waals surface area contributed by atoms with E-state index < -0.39 is 0 Å². The lowest BCUT2D eigenvalue weighted by Crippen LogP contribution is -1.88. The monoisotopic (exact) mass is 216 g/mol. The highest BCUT2D eigenvalue weighted by atomic mass is 19.1. The zero-order chi connectivity index (χ0) is 11.3. The molecular formula is C11H9FN4. The third kappa shape index (κ3) is 1.08. The van der Waals surface area contributed by atoms with Gasteiger partial charge in [0.2, 0.25) is 0 Å². The molecule has 3 rings (SSSR count). The molecule has 0 aliphatic carbocycles. The van der Waals surface area contributed by atoms with E-state index in [-0.39, 0.29) is 5.82 Å². The summed E-state index contributed by atoms with van der Waals surface area (Å²) in [5.41, 5.74) is 7.95. The molecule has 2 aromatic heterocycles. The summed E-state index contributed by atoms with van der Waals surface area (Å²) in [5, 5.41) is 8.13. The number of H-pyrrole nitrogens is 1. The number of aromatic nitrogens is 3. The Morgan fingerprint density at radius 1 is 1.31 bits per heavy atom. The van der Waals surface area contributed by atoms with Gasteiger partial charge in [0, 0.05) is 11.6 Å². The summed E-state index contributed by atoms with van der Waals surface area (Å²) in [4.78, 5) is 4.28. The summed E-state index contributed by atoms with van der Waals surface area (Å²) in [6, 6.07) is 2.90. The number of hydrogen-bond acceptors (Lipinski definition) is 3. The second-order valence-electron chi connectivity index (χ2n) is 3.77.